The van der Waals surface area contributed by atoms with Gasteiger partial charge in [-0.25, -0.2) is 4.57 Å². The smallest absolute Gasteiger partial charge is 0.397 e. The topological polar surface area (TPSA) is 98.0 Å². The maximum Gasteiger partial charge on any atom is 0.466 e. The first-order chi connectivity index (χ1) is 9.83. The van der Waals surface area contributed by atoms with Gasteiger partial charge in [-0.2, -0.15) is 0 Å². The van der Waals surface area contributed by atoms with Gasteiger partial charge in [0.15, 0.2) is 0 Å². The summed E-state index contributed by atoms with van der Waals surface area (Å²) in [6.07, 6.45) is 14.8. The van der Waals surface area contributed by atoms with Crippen LogP contribution < -0.4 is 0 Å². The van der Waals surface area contributed by atoms with Crippen molar-refractivity contribution < 1.29 is 24.4 Å². The van der Waals surface area contributed by atoms with Gasteiger partial charge in [0.25, 0.3) is 0 Å². The first-order valence-electron chi connectivity index (χ1n) is 8.22. The van der Waals surface area contributed by atoms with Crippen LogP contribution in [0.2, 0.25) is 0.515 Å². The third-order valence-corrected chi connectivity index (χ3v) is 3.81. The Morgan fingerprint density at radius 2 is 1.00 bits per heavy atom. The van der Waals surface area contributed by atoms with Crippen LogP contribution in [0.15, 0.2) is 0 Å². The molecule has 5 nitrogen and oxygen atoms in total. The second-order valence-electron chi connectivity index (χ2n) is 5.01. The molecule has 0 rings (SSSR count). The zero-order valence-corrected chi connectivity index (χ0v) is 18.1. The number of aliphatic hydroxyl groups excluding tert-OH is 1. The number of unbranched alkanes of at least 4 members (excludes halogenated alkanes) is 9. The van der Waals surface area contributed by atoms with E-state index < -0.39 is 7.82 Å². The molecule has 0 amide bonds. The van der Waals surface area contributed by atoms with E-state index in [-0.39, 0.29) is 6.61 Å². The second-order valence-corrected chi connectivity index (χ2v) is 7.60. The molecule has 0 aromatic heterocycles. The zero-order chi connectivity index (χ0) is 17.0. The first-order valence-corrected chi connectivity index (χ1v) is 12.0. The Labute approximate surface area is 164 Å². The molecule has 0 aliphatic rings. The Balaban J connectivity index is -0.000000335. The number of hydrogen-bond acceptors (Lipinski definition) is 2. The molecule has 126 valence electrons. The second kappa shape index (κ2) is 24.0. The Morgan fingerprint density at radius 3 is 1.24 bits per heavy atom. The minimum atomic E-state index is -4.64. The van der Waals surface area contributed by atoms with E-state index >= 15 is 0 Å². The van der Waals surface area contributed by atoms with Gasteiger partial charge in [-0.3, -0.25) is 0 Å². The van der Waals surface area contributed by atoms with Crippen LogP contribution in [0.4, 0.5) is 0 Å². The van der Waals surface area contributed by atoms with Crippen LogP contribution in [0.3, 0.4) is 0 Å². The van der Waals surface area contributed by atoms with Crippen LogP contribution in [0.5, 0.6) is 0 Å². The molecule has 0 aromatic rings. The van der Waals surface area contributed by atoms with Crippen LogP contribution in [0.25, 0.3) is 0 Å². The molecule has 0 atom stereocenters. The van der Waals surface area contributed by atoms with Crippen LogP contribution in [-0.2, 0) is 4.57 Å². The van der Waals surface area contributed by atoms with E-state index in [1.807, 2.05) is 0 Å². The fraction of sp³-hybridized carbons (Fsp3) is 1.00. The Hall–Kier alpha value is 1.71. The molecule has 0 saturated heterocycles. The molecule has 0 bridgehead atoms. The fourth-order valence-corrected chi connectivity index (χ4v) is 2.52. The van der Waals surface area contributed by atoms with E-state index in [1.54, 1.807) is 7.44 Å². The molecule has 21 heavy (non-hydrogen) atoms. The van der Waals surface area contributed by atoms with Crippen LogP contribution >= 0.6 is 7.82 Å². The standard InChI is InChI=1S/C12H25.C2H6O.K.H3O4P/c1-3-5-7-9-11-12-10-8-6-4-2;1-2-3;;1-5(2,3)4/h1,3-12H2,2H3;3H,2H2,1H3;;(H3,1,2,3,4). The van der Waals surface area contributed by atoms with Crippen molar-refractivity contribution in [3.05, 3.63) is 0 Å². The van der Waals surface area contributed by atoms with Crippen molar-refractivity contribution in [1.82, 2.24) is 0 Å². The summed E-state index contributed by atoms with van der Waals surface area (Å²) in [5.41, 5.74) is 0. The summed E-state index contributed by atoms with van der Waals surface area (Å²) >= 11 is 1.10. The summed E-state index contributed by atoms with van der Waals surface area (Å²) in [5, 5.41) is 7.57. The molecule has 0 unspecified atom stereocenters. The van der Waals surface area contributed by atoms with E-state index in [1.165, 1.54) is 64.2 Å². The molecular formula is C14H34KO5P. The maximum absolute atomic E-state index is 8.88. The summed E-state index contributed by atoms with van der Waals surface area (Å²) in [6, 6.07) is 0. The summed E-state index contributed by atoms with van der Waals surface area (Å²) in [6.45, 7) is 4.22. The average molecular weight is 352 g/mol. The van der Waals surface area contributed by atoms with Gasteiger partial charge in [-0.1, -0.05) is 0 Å². The molecular weight excluding hydrogens is 318 g/mol. The fourth-order valence-electron chi connectivity index (χ4n) is 1.74. The number of phosphoric acid groups is 1. The van der Waals surface area contributed by atoms with E-state index in [4.69, 9.17) is 24.4 Å². The summed E-state index contributed by atoms with van der Waals surface area (Å²) in [5.74, 6) is 0. The van der Waals surface area contributed by atoms with E-state index in [9.17, 15) is 0 Å². The Kier molecular flexibility index (Phi) is 31.4. The van der Waals surface area contributed by atoms with E-state index in [0.29, 0.717) is 0 Å². The number of hydrogen-bond donors (Lipinski definition) is 4. The largest absolute Gasteiger partial charge is 0.466 e. The summed E-state index contributed by atoms with van der Waals surface area (Å²) in [7, 11) is -4.64. The third-order valence-electron chi connectivity index (χ3n) is 2.71. The molecule has 7 heteroatoms. The predicted octanol–water partition coefficient (Wildman–Crippen LogP) is 3.56. The quantitative estimate of drug-likeness (QED) is 0.274. The molecule has 0 heterocycles. The van der Waals surface area contributed by atoms with Crippen molar-refractivity contribution in [2.45, 2.75) is 78.6 Å². The molecule has 0 fully saturated rings. The first kappa shape index (κ1) is 27.5. The van der Waals surface area contributed by atoms with E-state index in [2.05, 4.69) is 6.92 Å². The van der Waals surface area contributed by atoms with Crippen LogP contribution in [-0.4, -0.2) is 75.3 Å². The third kappa shape index (κ3) is 61.5. The van der Waals surface area contributed by atoms with Gasteiger partial charge in [0.1, 0.15) is 0 Å². The van der Waals surface area contributed by atoms with Gasteiger partial charge in [0.05, 0.1) is 0 Å². The van der Waals surface area contributed by atoms with Crippen molar-refractivity contribution >= 4 is 56.8 Å². The number of rotatable bonds is 10. The van der Waals surface area contributed by atoms with Gasteiger partial charge < -0.3 is 19.8 Å². The van der Waals surface area contributed by atoms with Gasteiger partial charge in [0.2, 0.25) is 0 Å². The monoisotopic (exact) mass is 352 g/mol. The molecule has 0 aliphatic heterocycles. The van der Waals surface area contributed by atoms with Crippen molar-refractivity contribution in [1.29, 1.82) is 0 Å². The zero-order valence-electron chi connectivity index (χ0n) is 14.1. The van der Waals surface area contributed by atoms with Crippen LogP contribution in [0, 0.1) is 0 Å². The SMILES string of the molecule is CCCCCCCCCCC[CH2][K].CCO.O=P(O)(O)O. The Bertz CT molecular complexity index is 193. The normalized spacial score (nSPS) is 10.3. The van der Waals surface area contributed by atoms with Crippen molar-refractivity contribution in [2.75, 3.05) is 6.61 Å². The van der Waals surface area contributed by atoms with Gasteiger partial charge >= 0.3 is 128 Å². The number of aliphatic hydroxyl groups is 1. The summed E-state index contributed by atoms with van der Waals surface area (Å²) < 4.78 is 10.4. The van der Waals surface area contributed by atoms with Gasteiger partial charge in [-0.15, -0.1) is 0 Å². The molecule has 0 spiro atoms. The molecule has 0 aliphatic carbocycles. The van der Waals surface area contributed by atoms with Crippen molar-refractivity contribution in [2.24, 2.45) is 0 Å². The molecule has 0 saturated carbocycles. The minimum Gasteiger partial charge on any atom is -0.397 e. The van der Waals surface area contributed by atoms with Crippen molar-refractivity contribution in [3.8, 4) is 0 Å². The minimum absolute atomic E-state index is 0.250. The predicted molar refractivity (Wildman–Crippen MR) is 89.4 cm³/mol. The molecule has 0 radical (unpaired) electrons. The van der Waals surface area contributed by atoms with Crippen LogP contribution in [0.1, 0.15) is 78.1 Å². The average Bonchev–Trinajstić information content (AvgIpc) is 2.36. The molecule has 0 aromatic carbocycles. The molecule has 4 N–H and O–H groups in total. The van der Waals surface area contributed by atoms with Crippen molar-refractivity contribution in [3.63, 3.8) is 0 Å². The van der Waals surface area contributed by atoms with E-state index in [0.717, 1.165) is 49.0 Å². The van der Waals surface area contributed by atoms with Gasteiger partial charge in [-0.05, 0) is 6.92 Å². The Morgan fingerprint density at radius 1 is 0.762 bits per heavy atom. The van der Waals surface area contributed by atoms with Gasteiger partial charge in [0, 0.05) is 6.61 Å². The maximum atomic E-state index is 8.88. The summed E-state index contributed by atoms with van der Waals surface area (Å²) in [4.78, 5) is 21.6.